The average Bonchev–Trinajstić information content (AvgIpc) is 3.02. The number of hydrogen-bond donors (Lipinski definition) is 0. The van der Waals surface area contributed by atoms with Gasteiger partial charge in [0, 0.05) is 31.5 Å². The summed E-state index contributed by atoms with van der Waals surface area (Å²) >= 11 is 0. The standard InChI is InChI=1S/C16H13N3.H2/c1-11-2-3-15-14(4-5-16(15)18-11)12-7-9-19-13(10-12)6-8-17-19;/h2-4,6-10H,5H2,1H3;1H. The zero-order valence-corrected chi connectivity index (χ0v) is 10.7. The van der Waals surface area contributed by atoms with E-state index in [0.717, 1.165) is 17.6 Å². The van der Waals surface area contributed by atoms with E-state index in [2.05, 4.69) is 40.4 Å². The molecule has 0 unspecified atom stereocenters. The monoisotopic (exact) mass is 249 g/mol. The second-order valence-electron chi connectivity index (χ2n) is 4.88. The quantitative estimate of drug-likeness (QED) is 0.662. The van der Waals surface area contributed by atoms with Gasteiger partial charge in [-0.05, 0) is 42.3 Å². The van der Waals surface area contributed by atoms with E-state index >= 15 is 0 Å². The number of nitrogens with zero attached hydrogens (tertiary/aromatic N) is 3. The summed E-state index contributed by atoms with van der Waals surface area (Å²) in [5.74, 6) is 0. The summed E-state index contributed by atoms with van der Waals surface area (Å²) in [6.07, 6.45) is 7.02. The summed E-state index contributed by atoms with van der Waals surface area (Å²) in [5.41, 5.74) is 7.16. The maximum Gasteiger partial charge on any atom is 0.0667 e. The summed E-state index contributed by atoms with van der Waals surface area (Å²) in [4.78, 5) is 4.61. The van der Waals surface area contributed by atoms with E-state index in [-0.39, 0.29) is 1.43 Å². The van der Waals surface area contributed by atoms with Crippen molar-refractivity contribution in [2.45, 2.75) is 13.3 Å². The van der Waals surface area contributed by atoms with Crippen LogP contribution in [0.15, 0.2) is 48.8 Å². The Balaban J connectivity index is 0.00000121. The van der Waals surface area contributed by atoms with Crippen LogP contribution in [0.2, 0.25) is 0 Å². The highest BCUT2D eigenvalue weighted by molar-refractivity contribution is 5.85. The van der Waals surface area contributed by atoms with Gasteiger partial charge in [-0.2, -0.15) is 5.10 Å². The molecule has 3 aromatic rings. The van der Waals surface area contributed by atoms with Crippen LogP contribution in [0.1, 0.15) is 23.9 Å². The van der Waals surface area contributed by atoms with Crippen LogP contribution in [0.25, 0.3) is 11.1 Å². The van der Waals surface area contributed by atoms with Crippen molar-refractivity contribution >= 4 is 11.1 Å². The molecule has 3 heterocycles. The summed E-state index contributed by atoms with van der Waals surface area (Å²) in [6, 6.07) is 10.6. The Kier molecular flexibility index (Phi) is 2.09. The number of fused-ring (bicyclic) bond motifs is 2. The van der Waals surface area contributed by atoms with Crippen LogP contribution in [-0.4, -0.2) is 14.6 Å². The third-order valence-corrected chi connectivity index (χ3v) is 3.61. The van der Waals surface area contributed by atoms with Gasteiger partial charge in [0.25, 0.3) is 0 Å². The molecule has 0 spiro atoms. The molecule has 3 nitrogen and oxygen atoms in total. The van der Waals surface area contributed by atoms with E-state index in [1.54, 1.807) is 0 Å². The van der Waals surface area contributed by atoms with E-state index in [1.165, 1.54) is 22.4 Å². The van der Waals surface area contributed by atoms with E-state index in [1.807, 2.05) is 29.9 Å². The third kappa shape index (κ3) is 1.58. The molecule has 0 radical (unpaired) electrons. The summed E-state index contributed by atoms with van der Waals surface area (Å²) in [7, 11) is 0. The van der Waals surface area contributed by atoms with Crippen molar-refractivity contribution in [3.63, 3.8) is 0 Å². The van der Waals surface area contributed by atoms with E-state index in [9.17, 15) is 0 Å². The average molecular weight is 249 g/mol. The second-order valence-corrected chi connectivity index (χ2v) is 4.88. The van der Waals surface area contributed by atoms with Gasteiger partial charge in [0.15, 0.2) is 0 Å². The maximum atomic E-state index is 4.61. The number of aryl methyl sites for hydroxylation is 1. The lowest BCUT2D eigenvalue weighted by atomic mass is 10.0. The Morgan fingerprint density at radius 2 is 2.16 bits per heavy atom. The largest absolute Gasteiger partial charge is 0.257 e. The van der Waals surface area contributed by atoms with Crippen molar-refractivity contribution in [3.05, 3.63) is 71.3 Å². The number of rotatable bonds is 1. The minimum absolute atomic E-state index is 0. The maximum absolute atomic E-state index is 4.61. The molecule has 94 valence electrons. The second kappa shape index (κ2) is 3.79. The first-order chi connectivity index (χ1) is 9.31. The third-order valence-electron chi connectivity index (χ3n) is 3.61. The number of allylic oxidation sites excluding steroid dienone is 1. The molecule has 3 heteroatoms. The van der Waals surface area contributed by atoms with E-state index in [0.29, 0.717) is 0 Å². The van der Waals surface area contributed by atoms with Crippen LogP contribution in [0.5, 0.6) is 0 Å². The SMILES string of the molecule is Cc1ccc2c(n1)CC=C2c1ccn2nccc2c1.[HH]. The van der Waals surface area contributed by atoms with Crippen molar-refractivity contribution < 1.29 is 1.43 Å². The van der Waals surface area contributed by atoms with Crippen molar-refractivity contribution in [2.24, 2.45) is 0 Å². The minimum atomic E-state index is 0. The first-order valence-corrected chi connectivity index (χ1v) is 6.42. The van der Waals surface area contributed by atoms with Crippen LogP contribution < -0.4 is 0 Å². The highest BCUT2D eigenvalue weighted by Crippen LogP contribution is 2.32. The van der Waals surface area contributed by atoms with E-state index < -0.39 is 0 Å². The lowest BCUT2D eigenvalue weighted by molar-refractivity contribution is 0.960. The Bertz CT molecular complexity index is 817. The van der Waals surface area contributed by atoms with Crippen LogP contribution >= 0.6 is 0 Å². The molecule has 0 aromatic carbocycles. The molecule has 0 saturated heterocycles. The van der Waals surface area contributed by atoms with Gasteiger partial charge in [-0.3, -0.25) is 4.98 Å². The summed E-state index contributed by atoms with van der Waals surface area (Å²) in [5, 5.41) is 4.23. The molecule has 1 aliphatic carbocycles. The predicted molar refractivity (Wildman–Crippen MR) is 77.1 cm³/mol. The zero-order chi connectivity index (χ0) is 12.8. The van der Waals surface area contributed by atoms with Gasteiger partial charge in [0.1, 0.15) is 0 Å². The van der Waals surface area contributed by atoms with Crippen LogP contribution in [0, 0.1) is 6.92 Å². The van der Waals surface area contributed by atoms with Crippen LogP contribution in [-0.2, 0) is 6.42 Å². The zero-order valence-electron chi connectivity index (χ0n) is 10.7. The minimum Gasteiger partial charge on any atom is -0.257 e. The molecule has 1 aliphatic rings. The number of aromatic nitrogens is 3. The first kappa shape index (κ1) is 10.5. The first-order valence-electron chi connectivity index (χ1n) is 6.42. The molecular formula is C16H15N3. The Morgan fingerprint density at radius 1 is 1.21 bits per heavy atom. The molecule has 0 bridgehead atoms. The fraction of sp³-hybridized carbons (Fsp3) is 0.125. The molecular weight excluding hydrogens is 234 g/mol. The number of pyridine rings is 2. The fourth-order valence-corrected chi connectivity index (χ4v) is 2.68. The smallest absolute Gasteiger partial charge is 0.0667 e. The highest BCUT2D eigenvalue weighted by Gasteiger charge is 2.17. The predicted octanol–water partition coefficient (Wildman–Crippen LogP) is 3.27. The molecule has 0 saturated carbocycles. The molecule has 0 amide bonds. The summed E-state index contributed by atoms with van der Waals surface area (Å²) in [6.45, 7) is 2.04. The van der Waals surface area contributed by atoms with Crippen molar-refractivity contribution in [1.29, 1.82) is 0 Å². The van der Waals surface area contributed by atoms with Crippen LogP contribution in [0.4, 0.5) is 0 Å². The van der Waals surface area contributed by atoms with Crippen LogP contribution in [0.3, 0.4) is 0 Å². The topological polar surface area (TPSA) is 30.2 Å². The Hall–Kier alpha value is -2.42. The Labute approximate surface area is 112 Å². The summed E-state index contributed by atoms with van der Waals surface area (Å²) < 4.78 is 1.88. The molecule has 3 aromatic heterocycles. The van der Waals surface area contributed by atoms with Gasteiger partial charge in [-0.25, -0.2) is 4.52 Å². The van der Waals surface area contributed by atoms with Crippen molar-refractivity contribution in [1.82, 2.24) is 14.6 Å². The number of hydrogen-bond acceptors (Lipinski definition) is 2. The highest BCUT2D eigenvalue weighted by atomic mass is 15.2. The molecule has 0 N–H and O–H groups in total. The molecule has 19 heavy (non-hydrogen) atoms. The molecule has 0 fully saturated rings. The van der Waals surface area contributed by atoms with Gasteiger partial charge in [-0.1, -0.05) is 12.1 Å². The van der Waals surface area contributed by atoms with Gasteiger partial charge in [0.05, 0.1) is 11.2 Å². The van der Waals surface area contributed by atoms with Gasteiger partial charge >= 0.3 is 0 Å². The van der Waals surface area contributed by atoms with Crippen molar-refractivity contribution in [3.8, 4) is 0 Å². The lowest BCUT2D eigenvalue weighted by Crippen LogP contribution is -1.93. The van der Waals surface area contributed by atoms with E-state index in [4.69, 9.17) is 0 Å². The normalized spacial score (nSPS) is 13.6. The Morgan fingerprint density at radius 3 is 3.11 bits per heavy atom. The van der Waals surface area contributed by atoms with Gasteiger partial charge in [0.2, 0.25) is 0 Å². The molecule has 0 aliphatic heterocycles. The lowest BCUT2D eigenvalue weighted by Gasteiger charge is -2.07. The molecule has 0 atom stereocenters. The molecule has 4 rings (SSSR count). The van der Waals surface area contributed by atoms with Gasteiger partial charge in [-0.15, -0.1) is 0 Å². The fourth-order valence-electron chi connectivity index (χ4n) is 2.68. The van der Waals surface area contributed by atoms with Crippen molar-refractivity contribution in [2.75, 3.05) is 0 Å². The van der Waals surface area contributed by atoms with Gasteiger partial charge < -0.3 is 0 Å².